The molecule has 2 aromatic rings. The predicted octanol–water partition coefficient (Wildman–Crippen LogP) is 2.52. The molecule has 1 aromatic heterocycles. The first-order chi connectivity index (χ1) is 13.3. The number of para-hydroxylation sites is 1. The Kier molecular flexibility index (Phi) is 7.57. The molecule has 8 nitrogen and oxygen atoms in total. The summed E-state index contributed by atoms with van der Waals surface area (Å²) in [5, 5.41) is 6.84. The molecule has 0 aliphatic rings. The lowest BCUT2D eigenvalue weighted by Crippen LogP contribution is -2.37. The number of aryl methyl sites for hydroxylation is 2. The summed E-state index contributed by atoms with van der Waals surface area (Å²) in [7, 11) is 1.45. The van der Waals surface area contributed by atoms with E-state index in [1.165, 1.54) is 11.9 Å². The van der Waals surface area contributed by atoms with Crippen LogP contribution in [0.15, 0.2) is 28.8 Å². The smallest absolute Gasteiger partial charge is 0.306 e. The summed E-state index contributed by atoms with van der Waals surface area (Å²) in [6, 6.07) is 6.78. The van der Waals surface area contributed by atoms with Gasteiger partial charge in [0.1, 0.15) is 5.76 Å². The highest BCUT2D eigenvalue weighted by atomic mass is 35.5. The fourth-order valence-corrected chi connectivity index (χ4v) is 2.65. The van der Waals surface area contributed by atoms with Crippen molar-refractivity contribution in [3.63, 3.8) is 0 Å². The molecule has 0 aliphatic carbocycles. The van der Waals surface area contributed by atoms with Gasteiger partial charge in [0, 0.05) is 19.0 Å². The number of rotatable bonds is 8. The van der Waals surface area contributed by atoms with Gasteiger partial charge in [-0.2, -0.15) is 0 Å². The zero-order chi connectivity index (χ0) is 20.7. The van der Waals surface area contributed by atoms with Gasteiger partial charge in [0.15, 0.2) is 6.61 Å². The first kappa shape index (κ1) is 21.4. The average Bonchev–Trinajstić information content (AvgIpc) is 2.97. The number of halogens is 1. The van der Waals surface area contributed by atoms with Gasteiger partial charge in [-0.25, -0.2) is 0 Å². The number of hydrogen-bond donors (Lipinski definition) is 1. The first-order valence-corrected chi connectivity index (χ1v) is 9.01. The second-order valence-corrected chi connectivity index (χ2v) is 6.65. The number of hydrogen-bond acceptors (Lipinski definition) is 6. The topological polar surface area (TPSA) is 102 Å². The van der Waals surface area contributed by atoms with Gasteiger partial charge < -0.3 is 19.5 Å². The summed E-state index contributed by atoms with van der Waals surface area (Å²) in [4.78, 5) is 37.1. The number of nitrogens with one attached hydrogen (secondary N) is 1. The number of ether oxygens (including phenoxy) is 1. The van der Waals surface area contributed by atoms with E-state index in [-0.39, 0.29) is 13.0 Å². The van der Waals surface area contributed by atoms with Gasteiger partial charge in [-0.05, 0) is 32.4 Å². The monoisotopic (exact) mass is 407 g/mol. The third-order valence-electron chi connectivity index (χ3n) is 4.07. The number of anilines is 1. The molecule has 1 N–H and O–H groups in total. The first-order valence-electron chi connectivity index (χ1n) is 8.63. The second kappa shape index (κ2) is 9.89. The van der Waals surface area contributed by atoms with E-state index >= 15 is 0 Å². The van der Waals surface area contributed by atoms with E-state index in [1.54, 1.807) is 38.1 Å². The van der Waals surface area contributed by atoms with Crippen LogP contribution < -0.4 is 5.32 Å². The maximum Gasteiger partial charge on any atom is 0.306 e. The molecule has 2 rings (SSSR count). The number of likely N-dealkylation sites (N-methyl/N-ethyl adjacent to an activating group) is 1. The number of amides is 2. The quantitative estimate of drug-likeness (QED) is 0.674. The van der Waals surface area contributed by atoms with E-state index in [4.69, 9.17) is 20.9 Å². The van der Waals surface area contributed by atoms with E-state index in [0.717, 1.165) is 11.3 Å². The fraction of sp³-hybridized carbons (Fsp3) is 0.368. The average molecular weight is 408 g/mol. The molecule has 0 aliphatic heterocycles. The van der Waals surface area contributed by atoms with Gasteiger partial charge in [0.25, 0.3) is 5.91 Å². The van der Waals surface area contributed by atoms with Gasteiger partial charge in [0.2, 0.25) is 5.91 Å². The lowest BCUT2D eigenvalue weighted by atomic mass is 10.1. The summed E-state index contributed by atoms with van der Waals surface area (Å²) >= 11 is 5.98. The molecule has 1 heterocycles. The third-order valence-corrected chi connectivity index (χ3v) is 4.40. The van der Waals surface area contributed by atoms with Gasteiger partial charge >= 0.3 is 5.97 Å². The van der Waals surface area contributed by atoms with E-state index in [2.05, 4.69) is 10.5 Å². The van der Waals surface area contributed by atoms with Crippen molar-refractivity contribution in [3.05, 3.63) is 46.3 Å². The molecule has 0 radical (unpaired) electrons. The number of nitrogens with zero attached hydrogens (tertiary/aromatic N) is 2. The minimum absolute atomic E-state index is 0.104. The Morgan fingerprint density at radius 1 is 1.25 bits per heavy atom. The molecular formula is C19H22ClN3O5. The van der Waals surface area contributed by atoms with Crippen molar-refractivity contribution in [2.24, 2.45) is 0 Å². The molecular weight excluding hydrogens is 386 g/mol. The molecule has 0 unspecified atom stereocenters. The Labute approximate surface area is 167 Å². The summed E-state index contributed by atoms with van der Waals surface area (Å²) in [5.74, 6) is -0.749. The minimum atomic E-state index is -0.512. The summed E-state index contributed by atoms with van der Waals surface area (Å²) in [6.07, 6.45) is 0.525. The van der Waals surface area contributed by atoms with Gasteiger partial charge in [-0.1, -0.05) is 28.9 Å². The van der Waals surface area contributed by atoms with Crippen molar-refractivity contribution in [2.75, 3.05) is 25.5 Å². The second-order valence-electron chi connectivity index (χ2n) is 6.24. The molecule has 28 heavy (non-hydrogen) atoms. The molecule has 0 atom stereocenters. The van der Waals surface area contributed by atoms with Crippen LogP contribution in [0, 0.1) is 13.8 Å². The Hall–Kier alpha value is -2.87. The van der Waals surface area contributed by atoms with Crippen molar-refractivity contribution < 1.29 is 23.6 Å². The molecule has 1 aromatic carbocycles. The van der Waals surface area contributed by atoms with E-state index in [1.807, 2.05) is 0 Å². The molecule has 150 valence electrons. The van der Waals surface area contributed by atoms with E-state index in [0.29, 0.717) is 22.9 Å². The summed E-state index contributed by atoms with van der Waals surface area (Å²) in [5.41, 5.74) is 2.04. The van der Waals surface area contributed by atoms with Crippen LogP contribution >= 0.6 is 11.6 Å². The molecule has 9 heteroatoms. The van der Waals surface area contributed by atoms with Gasteiger partial charge in [0.05, 0.1) is 22.9 Å². The standard InChI is InChI=1S/C19H22ClN3O5/c1-12-14(13(2)28-22-12)8-9-19(26)27-11-18(25)23(3)10-17(24)21-16-7-5-4-6-15(16)20/h4-7H,8-11H2,1-3H3,(H,21,24). The van der Waals surface area contributed by atoms with Crippen LogP contribution in [0.3, 0.4) is 0 Å². The summed E-state index contributed by atoms with van der Waals surface area (Å²) in [6.45, 7) is 2.94. The lowest BCUT2D eigenvalue weighted by Gasteiger charge is -2.17. The number of aromatic nitrogens is 1. The van der Waals surface area contributed by atoms with Crippen molar-refractivity contribution in [3.8, 4) is 0 Å². The number of benzene rings is 1. The highest BCUT2D eigenvalue weighted by Crippen LogP contribution is 2.20. The number of esters is 1. The number of carbonyl (C=O) groups excluding carboxylic acids is 3. The van der Waals surface area contributed by atoms with Crippen LogP contribution in [-0.4, -0.2) is 48.0 Å². The van der Waals surface area contributed by atoms with Gasteiger partial charge in [-0.3, -0.25) is 14.4 Å². The SMILES string of the molecule is Cc1noc(C)c1CCC(=O)OCC(=O)N(C)CC(=O)Nc1ccccc1Cl. The highest BCUT2D eigenvalue weighted by Gasteiger charge is 2.17. The molecule has 0 fully saturated rings. The maximum atomic E-state index is 12.1. The van der Waals surface area contributed by atoms with Crippen molar-refractivity contribution >= 4 is 35.1 Å². The fourth-order valence-electron chi connectivity index (χ4n) is 2.47. The number of carbonyl (C=O) groups is 3. The Bertz CT molecular complexity index is 846. The molecule has 2 amide bonds. The van der Waals surface area contributed by atoms with Crippen LogP contribution in [0.2, 0.25) is 5.02 Å². The van der Waals surface area contributed by atoms with Gasteiger partial charge in [-0.15, -0.1) is 0 Å². The molecule has 0 saturated carbocycles. The van der Waals surface area contributed by atoms with Crippen molar-refractivity contribution in [2.45, 2.75) is 26.7 Å². The zero-order valence-electron chi connectivity index (χ0n) is 16.0. The normalized spacial score (nSPS) is 10.4. The Morgan fingerprint density at radius 2 is 1.96 bits per heavy atom. The molecule has 0 spiro atoms. The zero-order valence-corrected chi connectivity index (χ0v) is 16.7. The largest absolute Gasteiger partial charge is 0.456 e. The minimum Gasteiger partial charge on any atom is -0.456 e. The van der Waals surface area contributed by atoms with Crippen LogP contribution in [0.1, 0.15) is 23.4 Å². The van der Waals surface area contributed by atoms with E-state index in [9.17, 15) is 14.4 Å². The Balaban J connectivity index is 1.73. The third kappa shape index (κ3) is 6.09. The summed E-state index contributed by atoms with van der Waals surface area (Å²) < 4.78 is 10.0. The predicted molar refractivity (Wildman–Crippen MR) is 103 cm³/mol. The lowest BCUT2D eigenvalue weighted by molar-refractivity contribution is -0.151. The van der Waals surface area contributed by atoms with Crippen LogP contribution in [0.4, 0.5) is 5.69 Å². The van der Waals surface area contributed by atoms with E-state index < -0.39 is 24.4 Å². The Morgan fingerprint density at radius 3 is 2.61 bits per heavy atom. The highest BCUT2D eigenvalue weighted by molar-refractivity contribution is 6.33. The maximum absolute atomic E-state index is 12.1. The van der Waals surface area contributed by atoms with Crippen LogP contribution in [0.5, 0.6) is 0 Å². The molecule has 0 saturated heterocycles. The van der Waals surface area contributed by atoms with Crippen LogP contribution in [0.25, 0.3) is 0 Å². The molecule has 0 bridgehead atoms. The van der Waals surface area contributed by atoms with Crippen LogP contribution in [-0.2, 0) is 25.5 Å². The van der Waals surface area contributed by atoms with Crippen molar-refractivity contribution in [1.29, 1.82) is 0 Å². The van der Waals surface area contributed by atoms with Crippen molar-refractivity contribution in [1.82, 2.24) is 10.1 Å².